The van der Waals surface area contributed by atoms with Gasteiger partial charge in [0.2, 0.25) is 0 Å². The molecule has 16 heavy (non-hydrogen) atoms. The molecular formula is C12H20N2OS. The lowest BCUT2D eigenvalue weighted by Crippen LogP contribution is -2.41. The quantitative estimate of drug-likeness (QED) is 0.840. The Balaban J connectivity index is 1.80. The monoisotopic (exact) mass is 240 g/mol. The minimum atomic E-state index is 0.580. The third kappa shape index (κ3) is 3.56. The second-order valence-electron chi connectivity index (χ2n) is 4.30. The maximum absolute atomic E-state index is 5.85. The maximum atomic E-state index is 5.85. The third-order valence-corrected chi connectivity index (χ3v) is 3.92. The number of thiophene rings is 1. The van der Waals surface area contributed by atoms with E-state index in [1.807, 2.05) is 11.3 Å². The van der Waals surface area contributed by atoms with Crippen LogP contribution in [0, 0.1) is 5.92 Å². The van der Waals surface area contributed by atoms with Gasteiger partial charge in [-0.25, -0.2) is 0 Å². The lowest BCUT2D eigenvalue weighted by atomic mass is 10.0. The average molecular weight is 240 g/mol. The predicted molar refractivity (Wildman–Crippen MR) is 67.8 cm³/mol. The van der Waals surface area contributed by atoms with Crippen molar-refractivity contribution < 1.29 is 4.74 Å². The summed E-state index contributed by atoms with van der Waals surface area (Å²) in [6.45, 7) is 5.74. The first-order valence-corrected chi connectivity index (χ1v) is 6.79. The van der Waals surface area contributed by atoms with Crippen LogP contribution in [0.5, 0.6) is 0 Å². The van der Waals surface area contributed by atoms with Gasteiger partial charge in [-0.15, -0.1) is 11.3 Å². The van der Waals surface area contributed by atoms with E-state index >= 15 is 0 Å². The maximum Gasteiger partial charge on any atom is 0.0594 e. The second-order valence-corrected chi connectivity index (χ2v) is 5.33. The van der Waals surface area contributed by atoms with Gasteiger partial charge in [-0.1, -0.05) is 6.07 Å². The van der Waals surface area contributed by atoms with Crippen molar-refractivity contribution in [3.63, 3.8) is 0 Å². The largest absolute Gasteiger partial charge is 0.379 e. The first-order valence-electron chi connectivity index (χ1n) is 5.91. The molecule has 1 atom stereocenters. The van der Waals surface area contributed by atoms with Crippen molar-refractivity contribution in [1.82, 2.24) is 4.90 Å². The lowest BCUT2D eigenvalue weighted by molar-refractivity contribution is 0.0312. The third-order valence-electron chi connectivity index (χ3n) is 3.02. The molecule has 3 nitrogen and oxygen atoms in total. The number of ether oxygens (including phenoxy) is 1. The molecule has 1 aromatic rings. The summed E-state index contributed by atoms with van der Waals surface area (Å²) >= 11 is 1.83. The van der Waals surface area contributed by atoms with Gasteiger partial charge in [0.25, 0.3) is 0 Å². The molecule has 0 amide bonds. The Morgan fingerprint density at radius 1 is 1.44 bits per heavy atom. The highest BCUT2D eigenvalue weighted by Gasteiger charge is 2.16. The summed E-state index contributed by atoms with van der Waals surface area (Å²) in [7, 11) is 0. The average Bonchev–Trinajstić information content (AvgIpc) is 2.82. The molecule has 1 aliphatic heterocycles. The van der Waals surface area contributed by atoms with Gasteiger partial charge in [-0.2, -0.15) is 0 Å². The van der Waals surface area contributed by atoms with Crippen LogP contribution in [-0.2, 0) is 11.2 Å². The molecule has 2 rings (SSSR count). The fraction of sp³-hybridized carbons (Fsp3) is 0.667. The predicted octanol–water partition coefficient (Wildman–Crippen LogP) is 1.20. The summed E-state index contributed by atoms with van der Waals surface area (Å²) in [4.78, 5) is 3.91. The summed E-state index contributed by atoms with van der Waals surface area (Å²) in [6.07, 6.45) is 1.12. The van der Waals surface area contributed by atoms with Crippen LogP contribution in [0.3, 0.4) is 0 Å². The highest BCUT2D eigenvalue weighted by atomic mass is 32.1. The van der Waals surface area contributed by atoms with Crippen molar-refractivity contribution in [2.24, 2.45) is 11.7 Å². The molecule has 2 N–H and O–H groups in total. The number of hydrogen-bond acceptors (Lipinski definition) is 4. The molecule has 0 radical (unpaired) electrons. The molecule has 1 fully saturated rings. The Bertz CT molecular complexity index is 283. The van der Waals surface area contributed by atoms with E-state index in [4.69, 9.17) is 10.5 Å². The van der Waals surface area contributed by atoms with Gasteiger partial charge in [-0.05, 0) is 30.3 Å². The number of nitrogens with two attached hydrogens (primary N) is 1. The standard InChI is InChI=1S/C12H20N2OS/c13-9-11(8-12-2-1-7-16-12)10-14-3-5-15-6-4-14/h1-2,7,11H,3-6,8-10,13H2. The number of morpholine rings is 1. The van der Waals surface area contributed by atoms with E-state index in [9.17, 15) is 0 Å². The van der Waals surface area contributed by atoms with Crippen LogP contribution in [0.15, 0.2) is 17.5 Å². The van der Waals surface area contributed by atoms with Crippen LogP contribution < -0.4 is 5.73 Å². The van der Waals surface area contributed by atoms with Crippen LogP contribution in [-0.4, -0.2) is 44.3 Å². The Morgan fingerprint density at radius 2 is 2.25 bits per heavy atom. The van der Waals surface area contributed by atoms with Crippen molar-refractivity contribution in [2.75, 3.05) is 39.4 Å². The number of rotatable bonds is 5. The molecule has 0 spiro atoms. The molecule has 1 unspecified atom stereocenters. The molecule has 0 aromatic carbocycles. The summed E-state index contributed by atoms with van der Waals surface area (Å²) in [5.41, 5.74) is 5.85. The first kappa shape index (κ1) is 12.0. The van der Waals surface area contributed by atoms with E-state index in [2.05, 4.69) is 22.4 Å². The van der Waals surface area contributed by atoms with Crippen LogP contribution in [0.1, 0.15) is 4.88 Å². The van der Waals surface area contributed by atoms with Crippen molar-refractivity contribution in [3.05, 3.63) is 22.4 Å². The second kappa shape index (κ2) is 6.35. The molecule has 0 aliphatic carbocycles. The van der Waals surface area contributed by atoms with Crippen molar-refractivity contribution >= 4 is 11.3 Å². The fourth-order valence-electron chi connectivity index (χ4n) is 2.08. The van der Waals surface area contributed by atoms with E-state index < -0.39 is 0 Å². The van der Waals surface area contributed by atoms with Gasteiger partial charge in [0, 0.05) is 24.5 Å². The topological polar surface area (TPSA) is 38.5 Å². The van der Waals surface area contributed by atoms with Gasteiger partial charge in [-0.3, -0.25) is 4.90 Å². The molecule has 1 saturated heterocycles. The van der Waals surface area contributed by atoms with Crippen LogP contribution >= 0.6 is 11.3 Å². The summed E-state index contributed by atoms with van der Waals surface area (Å²) in [5.74, 6) is 0.580. The van der Waals surface area contributed by atoms with Crippen LogP contribution in [0.25, 0.3) is 0 Å². The van der Waals surface area contributed by atoms with Gasteiger partial charge in [0.1, 0.15) is 0 Å². The van der Waals surface area contributed by atoms with Gasteiger partial charge < -0.3 is 10.5 Å². The Kier molecular flexibility index (Phi) is 4.78. The van der Waals surface area contributed by atoms with Gasteiger partial charge in [0.05, 0.1) is 13.2 Å². The molecule has 0 saturated carbocycles. The summed E-state index contributed by atoms with van der Waals surface area (Å²) < 4.78 is 5.35. The Labute approximate surface area is 101 Å². The van der Waals surface area contributed by atoms with E-state index in [1.54, 1.807) is 0 Å². The van der Waals surface area contributed by atoms with Crippen molar-refractivity contribution in [1.29, 1.82) is 0 Å². The highest BCUT2D eigenvalue weighted by Crippen LogP contribution is 2.15. The Morgan fingerprint density at radius 3 is 2.88 bits per heavy atom. The molecular weight excluding hydrogens is 220 g/mol. The number of hydrogen-bond donors (Lipinski definition) is 1. The molecule has 1 aliphatic rings. The molecule has 4 heteroatoms. The minimum absolute atomic E-state index is 0.580. The smallest absolute Gasteiger partial charge is 0.0594 e. The van der Waals surface area contributed by atoms with E-state index in [0.29, 0.717) is 5.92 Å². The van der Waals surface area contributed by atoms with E-state index in [0.717, 1.165) is 45.8 Å². The van der Waals surface area contributed by atoms with Crippen LogP contribution in [0.4, 0.5) is 0 Å². The number of nitrogens with zero attached hydrogens (tertiary/aromatic N) is 1. The zero-order valence-corrected chi connectivity index (χ0v) is 10.4. The molecule has 90 valence electrons. The summed E-state index contributed by atoms with van der Waals surface area (Å²) in [6, 6.07) is 4.31. The van der Waals surface area contributed by atoms with Gasteiger partial charge in [0.15, 0.2) is 0 Å². The van der Waals surface area contributed by atoms with E-state index in [-0.39, 0.29) is 0 Å². The zero-order valence-electron chi connectivity index (χ0n) is 9.60. The zero-order chi connectivity index (χ0) is 11.2. The summed E-state index contributed by atoms with van der Waals surface area (Å²) in [5, 5.41) is 2.14. The molecule has 2 heterocycles. The molecule has 1 aromatic heterocycles. The Hall–Kier alpha value is -0.420. The van der Waals surface area contributed by atoms with Gasteiger partial charge >= 0.3 is 0 Å². The normalized spacial score (nSPS) is 19.8. The van der Waals surface area contributed by atoms with Crippen molar-refractivity contribution in [2.45, 2.75) is 6.42 Å². The molecule has 0 bridgehead atoms. The van der Waals surface area contributed by atoms with Crippen molar-refractivity contribution in [3.8, 4) is 0 Å². The van der Waals surface area contributed by atoms with Crippen LogP contribution in [0.2, 0.25) is 0 Å². The fourth-order valence-corrected chi connectivity index (χ4v) is 2.91. The SMILES string of the molecule is NCC(Cc1cccs1)CN1CCOCC1. The first-order chi connectivity index (χ1) is 7.88. The lowest BCUT2D eigenvalue weighted by Gasteiger charge is -2.29. The van der Waals surface area contributed by atoms with E-state index in [1.165, 1.54) is 4.88 Å². The highest BCUT2D eigenvalue weighted by molar-refractivity contribution is 7.09. The minimum Gasteiger partial charge on any atom is -0.379 e.